The molecule has 7 rings (SSSR count). The Balaban J connectivity index is 1.17. The van der Waals surface area contributed by atoms with E-state index in [1.54, 1.807) is 11.2 Å². The minimum Gasteiger partial charge on any atom is -0.494 e. The fourth-order valence-electron chi connectivity index (χ4n) is 7.35. The number of amidine groups is 1. The number of hydrogen-bond acceptors (Lipinski definition) is 9. The molecule has 0 bridgehead atoms. The number of likely N-dealkylation sites (tertiary alicyclic amines) is 1. The average molecular weight is 838 g/mol. The van der Waals surface area contributed by atoms with E-state index in [2.05, 4.69) is 26.9 Å². The monoisotopic (exact) mass is 835 g/mol. The lowest BCUT2D eigenvalue weighted by Gasteiger charge is -2.42. The molecule has 0 spiro atoms. The lowest BCUT2D eigenvalue weighted by Crippen LogP contribution is -2.47. The highest BCUT2D eigenvalue weighted by molar-refractivity contribution is 6.65. The molecule has 0 aliphatic carbocycles. The zero-order chi connectivity index (χ0) is 39.3. The second-order valence-corrected chi connectivity index (χ2v) is 15.3. The van der Waals surface area contributed by atoms with Crippen molar-refractivity contribution < 1.29 is 14.2 Å². The molecule has 2 aromatic heterocycles. The summed E-state index contributed by atoms with van der Waals surface area (Å²) >= 11 is 27.8. The van der Waals surface area contributed by atoms with Crippen LogP contribution in [0.3, 0.4) is 0 Å². The number of alkyl halides is 1. The van der Waals surface area contributed by atoms with E-state index in [-0.39, 0.29) is 11.3 Å². The highest BCUT2D eigenvalue weighted by Gasteiger charge is 2.37. The van der Waals surface area contributed by atoms with Crippen LogP contribution in [0.2, 0.25) is 5.02 Å². The van der Waals surface area contributed by atoms with Gasteiger partial charge < -0.3 is 28.6 Å². The van der Waals surface area contributed by atoms with Gasteiger partial charge in [-0.15, -0.1) is 0 Å². The molecule has 0 amide bonds. The van der Waals surface area contributed by atoms with E-state index in [0.29, 0.717) is 53.6 Å². The van der Waals surface area contributed by atoms with E-state index >= 15 is 0 Å². The van der Waals surface area contributed by atoms with Gasteiger partial charge in [0.05, 0.1) is 30.4 Å². The van der Waals surface area contributed by atoms with Crippen LogP contribution in [0, 0.1) is 6.92 Å². The maximum Gasteiger partial charge on any atom is 0.202 e. The van der Waals surface area contributed by atoms with Crippen LogP contribution in [-0.4, -0.2) is 74.1 Å². The molecule has 0 radical (unpaired) electrons. The zero-order valence-electron chi connectivity index (χ0n) is 31.9. The summed E-state index contributed by atoms with van der Waals surface area (Å²) in [4.78, 5) is 20.6. The summed E-state index contributed by atoms with van der Waals surface area (Å²) in [5, 5.41) is 1.98. The van der Waals surface area contributed by atoms with E-state index in [4.69, 9.17) is 70.6 Å². The summed E-state index contributed by atoms with van der Waals surface area (Å²) in [6.45, 7) is 12.3. The van der Waals surface area contributed by atoms with Crippen LogP contribution in [0.1, 0.15) is 50.3 Å². The van der Waals surface area contributed by atoms with Crippen molar-refractivity contribution >= 4 is 68.4 Å². The zero-order valence-corrected chi connectivity index (χ0v) is 34.9. The summed E-state index contributed by atoms with van der Waals surface area (Å²) in [6.07, 6.45) is 7.13. The van der Waals surface area contributed by atoms with Crippen molar-refractivity contribution in [2.75, 3.05) is 37.8 Å². The minimum absolute atomic E-state index is 0.0349. The second-order valence-electron chi connectivity index (χ2n) is 13.7. The first-order valence-electron chi connectivity index (χ1n) is 18.9. The largest absolute Gasteiger partial charge is 0.494 e. The number of halogens is 4. The Morgan fingerprint density at radius 3 is 2.12 bits per heavy atom. The van der Waals surface area contributed by atoms with Crippen molar-refractivity contribution in [2.45, 2.75) is 65.2 Å². The third-order valence-corrected chi connectivity index (χ3v) is 11.4. The van der Waals surface area contributed by atoms with Crippen LogP contribution in [-0.2, 0) is 13.1 Å². The number of benzene rings is 3. The van der Waals surface area contributed by atoms with Crippen LogP contribution < -0.4 is 19.1 Å². The highest BCUT2D eigenvalue weighted by atomic mass is 35.5. The van der Waals surface area contributed by atoms with Gasteiger partial charge in [-0.2, -0.15) is 0 Å². The van der Waals surface area contributed by atoms with Crippen molar-refractivity contribution in [3.8, 4) is 22.9 Å². The van der Waals surface area contributed by atoms with Gasteiger partial charge in [0.15, 0.2) is 5.82 Å². The normalized spacial score (nSPS) is 16.7. The van der Waals surface area contributed by atoms with Gasteiger partial charge in [0.2, 0.25) is 5.29 Å². The lowest BCUT2D eigenvalue weighted by molar-refractivity contribution is 0.202. The van der Waals surface area contributed by atoms with Crippen LogP contribution in [0.5, 0.6) is 17.2 Å². The van der Waals surface area contributed by atoms with Crippen LogP contribution >= 0.6 is 46.4 Å². The Kier molecular flexibility index (Phi) is 12.8. The lowest BCUT2D eigenvalue weighted by atomic mass is 10.0. The fraction of sp³-hybridized carbons (Fsp3) is 0.357. The van der Waals surface area contributed by atoms with Gasteiger partial charge in [-0.1, -0.05) is 46.9 Å². The van der Waals surface area contributed by atoms with Gasteiger partial charge in [0.1, 0.15) is 40.6 Å². The van der Waals surface area contributed by atoms with Gasteiger partial charge >= 0.3 is 0 Å². The third-order valence-electron chi connectivity index (χ3n) is 9.96. The molecule has 1 fully saturated rings. The number of hydrogen-bond donors (Lipinski definition) is 0. The van der Waals surface area contributed by atoms with Gasteiger partial charge in [-0.25, -0.2) is 15.0 Å². The number of aryl methyl sites for hydroxylation is 1. The van der Waals surface area contributed by atoms with Crippen molar-refractivity contribution in [3.05, 3.63) is 112 Å². The molecule has 2 aliphatic heterocycles. The minimum atomic E-state index is -0.785. The number of aromatic nitrogens is 3. The fourth-order valence-corrected chi connectivity index (χ4v) is 8.32. The van der Waals surface area contributed by atoms with Gasteiger partial charge in [0.25, 0.3) is 0 Å². The molecular weight excluding hydrogens is 792 g/mol. The van der Waals surface area contributed by atoms with E-state index in [0.717, 1.165) is 77.5 Å². The number of anilines is 1. The number of rotatable bonds is 14. The maximum absolute atomic E-state index is 7.25. The summed E-state index contributed by atoms with van der Waals surface area (Å²) < 4.78 is 20.2. The molecule has 1 atom stereocenters. The molecule has 10 nitrogen and oxygen atoms in total. The van der Waals surface area contributed by atoms with E-state index in [9.17, 15) is 0 Å². The maximum atomic E-state index is 7.25. The molecule has 4 heterocycles. The van der Waals surface area contributed by atoms with Crippen molar-refractivity contribution in [1.82, 2.24) is 24.3 Å². The van der Waals surface area contributed by atoms with Crippen LogP contribution in [0.4, 0.5) is 5.82 Å². The summed E-state index contributed by atoms with van der Waals surface area (Å²) in [7, 11) is 0. The predicted molar refractivity (Wildman–Crippen MR) is 227 cm³/mol. The molecule has 56 heavy (non-hydrogen) atoms. The van der Waals surface area contributed by atoms with E-state index < -0.39 is 5.50 Å². The van der Waals surface area contributed by atoms with Crippen molar-refractivity contribution in [3.63, 3.8) is 0 Å². The SMILES string of the molecule is CCOc1cc(CN2C(Cl)=NC(N(c3ncnc4cc(Cl)ccc34)C3CCN(Cc4cc(OCC)c(-n5cccc5)c(OCC)c4)CC3)=C(Cl)C2Cl)ccc1C. The Morgan fingerprint density at radius 1 is 0.786 bits per heavy atom. The number of ether oxygens (including phenoxy) is 3. The van der Waals surface area contributed by atoms with Gasteiger partial charge in [-0.05, 0) is 117 Å². The van der Waals surface area contributed by atoms with E-state index in [1.807, 2.05) is 93.2 Å². The molecule has 3 aromatic carbocycles. The number of piperidine rings is 1. The third kappa shape index (κ3) is 8.55. The molecule has 294 valence electrons. The first kappa shape index (κ1) is 40.0. The Bertz CT molecular complexity index is 2200. The molecule has 0 saturated carbocycles. The Hall–Kier alpha value is -4.19. The molecule has 14 heteroatoms. The molecule has 1 unspecified atom stereocenters. The molecule has 2 aliphatic rings. The Morgan fingerprint density at radius 2 is 1.45 bits per heavy atom. The summed E-state index contributed by atoms with van der Waals surface area (Å²) in [5.74, 6) is 3.51. The average Bonchev–Trinajstić information content (AvgIpc) is 3.72. The number of aliphatic imine (C=N–C) groups is 1. The topological polar surface area (TPSA) is 80.5 Å². The van der Waals surface area contributed by atoms with Crippen molar-refractivity contribution in [1.29, 1.82) is 0 Å². The van der Waals surface area contributed by atoms with Gasteiger partial charge in [-0.3, -0.25) is 4.90 Å². The standard InChI is InChI=1S/C42H45Cl4N7O3/c1-5-54-34-20-28(11-10-27(34)4)25-52-39(45)37(44)41(49-42(52)46)53(40-32-13-12-30(43)23-33(32)47-26-48-40)31-14-18-50(19-15-31)24-29-21-35(55-6-2)38(36(22-29)56-7-3)51-16-8-9-17-51/h8-13,16-17,20-23,26,31,39H,5-7,14-15,18-19,24-25H2,1-4H3. The number of fused-ring (bicyclic) bond motifs is 1. The van der Waals surface area contributed by atoms with Crippen LogP contribution in [0.15, 0.2) is 95.2 Å². The second kappa shape index (κ2) is 17.9. The Labute approximate surface area is 348 Å². The smallest absolute Gasteiger partial charge is 0.202 e. The van der Waals surface area contributed by atoms with Crippen LogP contribution in [0.25, 0.3) is 16.6 Å². The predicted octanol–water partition coefficient (Wildman–Crippen LogP) is 10.1. The highest BCUT2D eigenvalue weighted by Crippen LogP contribution is 2.40. The molecule has 1 saturated heterocycles. The first-order chi connectivity index (χ1) is 27.2. The quantitative estimate of drug-likeness (QED) is 0.0808. The molecule has 0 N–H and O–H groups in total. The van der Waals surface area contributed by atoms with E-state index in [1.165, 1.54) is 0 Å². The van der Waals surface area contributed by atoms with Gasteiger partial charge in [0, 0.05) is 55.0 Å². The van der Waals surface area contributed by atoms with Crippen molar-refractivity contribution in [2.24, 2.45) is 4.99 Å². The first-order valence-corrected chi connectivity index (χ1v) is 20.5. The molecule has 5 aromatic rings. The summed E-state index contributed by atoms with van der Waals surface area (Å²) in [6, 6.07) is 19.9. The molecular formula is C42H45Cl4N7O3. The summed E-state index contributed by atoms with van der Waals surface area (Å²) in [5.41, 5.74) is 3.95. The number of nitrogens with zero attached hydrogens (tertiary/aromatic N) is 7.